The Morgan fingerprint density at radius 2 is 0.952 bits per heavy atom. The summed E-state index contributed by atoms with van der Waals surface area (Å²) >= 11 is 1.74. The third kappa shape index (κ3) is 5.62. The molecule has 8 heteroatoms. The average Bonchev–Trinajstić information content (AvgIpc) is 4.04. The number of thiophene rings is 1. The van der Waals surface area contributed by atoms with Crippen molar-refractivity contribution in [2.45, 2.75) is 0 Å². The minimum Gasteiger partial charge on any atom is -0.452 e. The molecule has 13 rings (SSSR count). The van der Waals surface area contributed by atoms with Crippen molar-refractivity contribution < 1.29 is 4.42 Å². The molecule has 63 heavy (non-hydrogen) atoms. The Balaban J connectivity index is 1.06. The van der Waals surface area contributed by atoms with E-state index in [1.165, 1.54) is 0 Å². The molecule has 8 aromatic carbocycles. The standard InChI is InChI=1S/C55H32N6OS/c1-4-17-33(18-5-1)52-56-48-37-24-11-13-31-44(37)62-50(48)49(57-52)41-28-14-25-38-47-40(27-16-32-45(47)63-51(38)41)55-59-53(34-19-6-2-7-20-34)58-54(60-55)39-26-15-30-43-46(39)36-23-10-12-29-42(36)61(43)35-21-8-3-9-22-35/h1-32H. The largest absolute Gasteiger partial charge is 0.452 e. The van der Waals surface area contributed by atoms with Gasteiger partial charge >= 0.3 is 0 Å². The normalized spacial score (nSPS) is 11.8. The predicted molar refractivity (Wildman–Crippen MR) is 257 cm³/mol. The number of benzene rings is 8. The Bertz CT molecular complexity index is 3910. The predicted octanol–water partition coefficient (Wildman–Crippen LogP) is 14.4. The van der Waals surface area contributed by atoms with E-state index < -0.39 is 0 Å². The van der Waals surface area contributed by atoms with E-state index in [0.29, 0.717) is 28.9 Å². The molecule has 0 unspecified atom stereocenters. The molecule has 0 radical (unpaired) electrons. The average molecular weight is 825 g/mol. The number of hydrogen-bond donors (Lipinski definition) is 0. The van der Waals surface area contributed by atoms with Crippen molar-refractivity contribution in [1.29, 1.82) is 0 Å². The number of fused-ring (bicyclic) bond motifs is 9. The van der Waals surface area contributed by atoms with Gasteiger partial charge in [-0.2, -0.15) is 0 Å². The minimum atomic E-state index is 0.603. The smallest absolute Gasteiger partial charge is 0.180 e. The lowest BCUT2D eigenvalue weighted by Gasteiger charge is -2.11. The van der Waals surface area contributed by atoms with Crippen LogP contribution in [0.3, 0.4) is 0 Å². The molecule has 0 spiro atoms. The van der Waals surface area contributed by atoms with Crippen LogP contribution in [0.1, 0.15) is 0 Å². The first-order chi connectivity index (χ1) is 31.2. The fourth-order valence-corrected chi connectivity index (χ4v) is 10.3. The van der Waals surface area contributed by atoms with Gasteiger partial charge in [-0.1, -0.05) is 152 Å². The van der Waals surface area contributed by atoms with Gasteiger partial charge in [0.25, 0.3) is 0 Å². The Morgan fingerprint density at radius 1 is 0.397 bits per heavy atom. The third-order valence-corrected chi connectivity index (χ3v) is 13.1. The quantitative estimate of drug-likeness (QED) is 0.166. The molecule has 0 amide bonds. The summed E-state index contributed by atoms with van der Waals surface area (Å²) in [4.78, 5) is 26.3. The van der Waals surface area contributed by atoms with Crippen LogP contribution in [0, 0.1) is 0 Å². The monoisotopic (exact) mass is 824 g/mol. The Kier molecular flexibility index (Phi) is 7.94. The molecule has 0 N–H and O–H groups in total. The molecule has 13 aromatic rings. The molecule has 5 heterocycles. The van der Waals surface area contributed by atoms with E-state index in [1.54, 1.807) is 11.3 Å². The highest BCUT2D eigenvalue weighted by molar-refractivity contribution is 7.26. The van der Waals surface area contributed by atoms with Gasteiger partial charge < -0.3 is 8.98 Å². The molecule has 0 atom stereocenters. The lowest BCUT2D eigenvalue weighted by Crippen LogP contribution is -2.01. The van der Waals surface area contributed by atoms with Gasteiger partial charge in [0.15, 0.2) is 28.9 Å². The SMILES string of the molecule is c1ccc(-c2nc(-c3cccc4sc5c(-c6nc(-c7ccccc7)nc7c6oc6ccccc67)cccc5c34)nc(-c3cccc4c3c3ccccc3n4-c3ccccc3)n2)cc1. The lowest BCUT2D eigenvalue weighted by atomic mass is 10.0. The second-order valence-electron chi connectivity index (χ2n) is 15.6. The molecule has 0 bridgehead atoms. The van der Waals surface area contributed by atoms with Crippen molar-refractivity contribution in [2.24, 2.45) is 0 Å². The summed E-state index contributed by atoms with van der Waals surface area (Å²) in [6.07, 6.45) is 0. The van der Waals surface area contributed by atoms with Gasteiger partial charge in [-0.25, -0.2) is 24.9 Å². The van der Waals surface area contributed by atoms with Gasteiger partial charge in [0.05, 0.1) is 11.0 Å². The van der Waals surface area contributed by atoms with E-state index in [9.17, 15) is 0 Å². The van der Waals surface area contributed by atoms with Crippen molar-refractivity contribution in [3.63, 3.8) is 0 Å². The van der Waals surface area contributed by atoms with Gasteiger partial charge in [0.2, 0.25) is 0 Å². The topological polar surface area (TPSA) is 82.5 Å². The molecule has 7 nitrogen and oxygen atoms in total. The molecule has 0 aliphatic carbocycles. The van der Waals surface area contributed by atoms with Crippen LogP contribution in [0.5, 0.6) is 0 Å². The minimum absolute atomic E-state index is 0.603. The molecular formula is C55H32N6OS. The number of para-hydroxylation sites is 3. The zero-order valence-corrected chi connectivity index (χ0v) is 34.3. The fraction of sp³-hybridized carbons (Fsp3) is 0. The van der Waals surface area contributed by atoms with Gasteiger partial charge in [-0.05, 0) is 42.5 Å². The highest BCUT2D eigenvalue weighted by Gasteiger charge is 2.24. The van der Waals surface area contributed by atoms with Crippen LogP contribution in [-0.4, -0.2) is 29.5 Å². The molecule has 0 saturated heterocycles. The van der Waals surface area contributed by atoms with Gasteiger partial charge in [0, 0.05) is 69.8 Å². The van der Waals surface area contributed by atoms with E-state index in [2.05, 4.69) is 132 Å². The summed E-state index contributed by atoms with van der Waals surface area (Å²) in [6, 6.07) is 66.7. The fourth-order valence-electron chi connectivity index (χ4n) is 9.10. The summed E-state index contributed by atoms with van der Waals surface area (Å²) in [6.45, 7) is 0. The molecule has 0 fully saturated rings. The molecular weight excluding hydrogens is 793 g/mol. The number of furan rings is 1. The van der Waals surface area contributed by atoms with Crippen LogP contribution in [0.15, 0.2) is 199 Å². The van der Waals surface area contributed by atoms with E-state index in [4.69, 9.17) is 29.3 Å². The van der Waals surface area contributed by atoms with E-state index >= 15 is 0 Å². The summed E-state index contributed by atoms with van der Waals surface area (Å²) < 4.78 is 11.1. The maximum absolute atomic E-state index is 6.59. The molecule has 0 aliphatic heterocycles. The van der Waals surface area contributed by atoms with Crippen LogP contribution >= 0.6 is 11.3 Å². The molecule has 0 saturated carbocycles. The lowest BCUT2D eigenvalue weighted by molar-refractivity contribution is 0.667. The third-order valence-electron chi connectivity index (χ3n) is 11.9. The van der Waals surface area contributed by atoms with Crippen molar-refractivity contribution in [3.05, 3.63) is 194 Å². The van der Waals surface area contributed by atoms with Crippen LogP contribution in [-0.2, 0) is 0 Å². The number of hydrogen-bond acceptors (Lipinski definition) is 7. The number of rotatable bonds is 6. The van der Waals surface area contributed by atoms with E-state index in [1.807, 2.05) is 66.7 Å². The summed E-state index contributed by atoms with van der Waals surface area (Å²) in [5.41, 5.74) is 11.0. The molecule has 5 aromatic heterocycles. The first-order valence-corrected chi connectivity index (χ1v) is 21.7. The zero-order chi connectivity index (χ0) is 41.4. The first kappa shape index (κ1) is 35.4. The highest BCUT2D eigenvalue weighted by Crippen LogP contribution is 2.46. The number of nitrogens with zero attached hydrogens (tertiary/aromatic N) is 6. The second kappa shape index (κ2) is 14.1. The van der Waals surface area contributed by atoms with Crippen LogP contribution in [0.25, 0.3) is 127 Å². The number of aromatic nitrogens is 6. The zero-order valence-electron chi connectivity index (χ0n) is 33.5. The van der Waals surface area contributed by atoms with Gasteiger partial charge in [0.1, 0.15) is 16.8 Å². The first-order valence-electron chi connectivity index (χ1n) is 20.8. The van der Waals surface area contributed by atoms with Crippen LogP contribution in [0.4, 0.5) is 0 Å². The second-order valence-corrected chi connectivity index (χ2v) is 16.6. The Morgan fingerprint density at radius 3 is 1.71 bits per heavy atom. The maximum Gasteiger partial charge on any atom is 0.180 e. The summed E-state index contributed by atoms with van der Waals surface area (Å²) in [5.74, 6) is 2.47. The van der Waals surface area contributed by atoms with E-state index in [-0.39, 0.29) is 0 Å². The summed E-state index contributed by atoms with van der Waals surface area (Å²) in [5, 5.41) is 5.34. The van der Waals surface area contributed by atoms with Crippen molar-refractivity contribution in [1.82, 2.24) is 29.5 Å². The van der Waals surface area contributed by atoms with Gasteiger partial charge in [-0.3, -0.25) is 0 Å². The Labute approximate surface area is 364 Å². The highest BCUT2D eigenvalue weighted by atomic mass is 32.1. The van der Waals surface area contributed by atoms with Crippen molar-refractivity contribution >= 4 is 75.4 Å². The van der Waals surface area contributed by atoms with Crippen molar-refractivity contribution in [3.8, 4) is 62.5 Å². The summed E-state index contributed by atoms with van der Waals surface area (Å²) in [7, 11) is 0. The van der Waals surface area contributed by atoms with E-state index in [0.717, 1.165) is 97.7 Å². The molecule has 294 valence electrons. The maximum atomic E-state index is 6.59. The van der Waals surface area contributed by atoms with Crippen molar-refractivity contribution in [2.75, 3.05) is 0 Å². The van der Waals surface area contributed by atoms with Gasteiger partial charge in [-0.15, -0.1) is 11.3 Å². The van der Waals surface area contributed by atoms with Crippen LogP contribution in [0.2, 0.25) is 0 Å². The Hall–Kier alpha value is -8.33. The van der Waals surface area contributed by atoms with Crippen LogP contribution < -0.4 is 0 Å². The molecule has 0 aliphatic rings.